The maximum absolute atomic E-state index is 5.66. The lowest BCUT2D eigenvalue weighted by Crippen LogP contribution is -2.30. The van der Waals surface area contributed by atoms with Crippen LogP contribution < -0.4 is 11.1 Å². The molecule has 1 fully saturated rings. The Balaban J connectivity index is 1.90. The highest BCUT2D eigenvalue weighted by molar-refractivity contribution is 5.51. The first-order valence-corrected chi connectivity index (χ1v) is 5.95. The number of rotatable bonds is 3. The van der Waals surface area contributed by atoms with E-state index in [1.165, 1.54) is 0 Å². The highest BCUT2D eigenvalue weighted by atomic mass is 16.5. The SMILES string of the molecule is CC(Nc1ccc(N)cc1)C1CCOCC1. The Kier molecular flexibility index (Phi) is 3.67. The number of hydrogen-bond acceptors (Lipinski definition) is 3. The van der Waals surface area contributed by atoms with E-state index in [2.05, 4.69) is 12.2 Å². The number of nitrogens with one attached hydrogen (secondary N) is 1. The third-order valence-electron chi connectivity index (χ3n) is 3.28. The standard InChI is InChI=1S/C13H20N2O/c1-10(11-6-8-16-9-7-11)15-13-4-2-12(14)3-5-13/h2-5,10-11,15H,6-9,14H2,1H3. The van der Waals surface area contributed by atoms with Gasteiger partial charge >= 0.3 is 0 Å². The van der Waals surface area contributed by atoms with E-state index in [-0.39, 0.29) is 0 Å². The van der Waals surface area contributed by atoms with Gasteiger partial charge in [0.25, 0.3) is 0 Å². The van der Waals surface area contributed by atoms with Gasteiger partial charge in [0.05, 0.1) is 0 Å². The average molecular weight is 220 g/mol. The zero-order valence-electron chi connectivity index (χ0n) is 9.78. The van der Waals surface area contributed by atoms with Crippen LogP contribution in [0.1, 0.15) is 19.8 Å². The summed E-state index contributed by atoms with van der Waals surface area (Å²) < 4.78 is 5.37. The smallest absolute Gasteiger partial charge is 0.0469 e. The van der Waals surface area contributed by atoms with Crippen molar-refractivity contribution < 1.29 is 4.74 Å². The van der Waals surface area contributed by atoms with Gasteiger partial charge in [0.15, 0.2) is 0 Å². The predicted octanol–water partition coefficient (Wildman–Crippen LogP) is 2.50. The van der Waals surface area contributed by atoms with Crippen LogP contribution in [0.4, 0.5) is 11.4 Å². The summed E-state index contributed by atoms with van der Waals surface area (Å²) in [7, 11) is 0. The highest BCUT2D eigenvalue weighted by Gasteiger charge is 2.19. The van der Waals surface area contributed by atoms with Gasteiger partial charge in [-0.25, -0.2) is 0 Å². The largest absolute Gasteiger partial charge is 0.399 e. The highest BCUT2D eigenvalue weighted by Crippen LogP contribution is 2.22. The molecule has 0 aromatic heterocycles. The summed E-state index contributed by atoms with van der Waals surface area (Å²) in [4.78, 5) is 0. The monoisotopic (exact) mass is 220 g/mol. The van der Waals surface area contributed by atoms with Gasteiger partial charge in [-0.3, -0.25) is 0 Å². The zero-order valence-corrected chi connectivity index (χ0v) is 9.78. The second kappa shape index (κ2) is 5.21. The molecule has 1 atom stereocenters. The molecule has 0 aliphatic carbocycles. The van der Waals surface area contributed by atoms with Crippen LogP contribution in [0.3, 0.4) is 0 Å². The average Bonchev–Trinajstić information content (AvgIpc) is 2.33. The molecule has 88 valence electrons. The number of hydrogen-bond donors (Lipinski definition) is 2. The minimum absolute atomic E-state index is 0.493. The van der Waals surface area contributed by atoms with E-state index in [1.807, 2.05) is 24.3 Å². The molecular formula is C13H20N2O. The molecule has 16 heavy (non-hydrogen) atoms. The maximum atomic E-state index is 5.66. The Morgan fingerprint density at radius 3 is 2.50 bits per heavy atom. The van der Waals surface area contributed by atoms with E-state index in [4.69, 9.17) is 10.5 Å². The molecule has 0 amide bonds. The van der Waals surface area contributed by atoms with Crippen molar-refractivity contribution in [3.05, 3.63) is 24.3 Å². The van der Waals surface area contributed by atoms with Crippen LogP contribution >= 0.6 is 0 Å². The number of ether oxygens (including phenoxy) is 1. The Morgan fingerprint density at radius 1 is 1.25 bits per heavy atom. The van der Waals surface area contributed by atoms with Gasteiger partial charge in [-0.05, 0) is 49.9 Å². The zero-order chi connectivity index (χ0) is 11.4. The van der Waals surface area contributed by atoms with Crippen molar-refractivity contribution in [2.45, 2.75) is 25.8 Å². The molecule has 0 bridgehead atoms. The van der Waals surface area contributed by atoms with Gasteiger partial charge in [-0.15, -0.1) is 0 Å². The molecule has 3 N–H and O–H groups in total. The Morgan fingerprint density at radius 2 is 1.88 bits per heavy atom. The quantitative estimate of drug-likeness (QED) is 0.769. The summed E-state index contributed by atoms with van der Waals surface area (Å²) in [5.41, 5.74) is 7.61. The summed E-state index contributed by atoms with van der Waals surface area (Å²) in [5, 5.41) is 3.53. The van der Waals surface area contributed by atoms with Crippen LogP contribution in [0.15, 0.2) is 24.3 Å². The van der Waals surface area contributed by atoms with Gasteiger partial charge in [0.1, 0.15) is 0 Å². The van der Waals surface area contributed by atoms with Crippen molar-refractivity contribution in [1.29, 1.82) is 0 Å². The van der Waals surface area contributed by atoms with E-state index in [0.29, 0.717) is 12.0 Å². The van der Waals surface area contributed by atoms with E-state index < -0.39 is 0 Å². The van der Waals surface area contributed by atoms with Crippen LogP contribution in [0, 0.1) is 5.92 Å². The van der Waals surface area contributed by atoms with Gasteiger partial charge < -0.3 is 15.8 Å². The molecule has 1 saturated heterocycles. The van der Waals surface area contributed by atoms with Crippen LogP contribution in [0.5, 0.6) is 0 Å². The first-order valence-electron chi connectivity index (χ1n) is 5.95. The van der Waals surface area contributed by atoms with Crippen molar-refractivity contribution in [3.8, 4) is 0 Å². The first-order chi connectivity index (χ1) is 7.75. The summed E-state index contributed by atoms with van der Waals surface area (Å²) in [6.45, 7) is 4.04. The lowest BCUT2D eigenvalue weighted by molar-refractivity contribution is 0.0622. The number of benzene rings is 1. The minimum atomic E-state index is 0.493. The third kappa shape index (κ3) is 2.89. The number of nitrogens with two attached hydrogens (primary N) is 1. The molecule has 2 rings (SSSR count). The lowest BCUT2D eigenvalue weighted by atomic mass is 9.93. The summed E-state index contributed by atoms with van der Waals surface area (Å²) in [5.74, 6) is 0.714. The van der Waals surface area contributed by atoms with Gasteiger partial charge in [-0.2, -0.15) is 0 Å². The minimum Gasteiger partial charge on any atom is -0.399 e. The van der Waals surface area contributed by atoms with Crippen molar-refractivity contribution in [1.82, 2.24) is 0 Å². The van der Waals surface area contributed by atoms with Crippen LogP contribution in [0.25, 0.3) is 0 Å². The van der Waals surface area contributed by atoms with E-state index >= 15 is 0 Å². The maximum Gasteiger partial charge on any atom is 0.0469 e. The number of nitrogen functional groups attached to an aromatic ring is 1. The molecular weight excluding hydrogens is 200 g/mol. The number of anilines is 2. The van der Waals surface area contributed by atoms with E-state index in [0.717, 1.165) is 37.4 Å². The summed E-state index contributed by atoms with van der Waals surface area (Å²) in [6, 6.07) is 8.42. The molecule has 1 aromatic carbocycles. The van der Waals surface area contributed by atoms with E-state index in [9.17, 15) is 0 Å². The molecule has 0 saturated carbocycles. The third-order valence-corrected chi connectivity index (χ3v) is 3.28. The predicted molar refractivity (Wildman–Crippen MR) is 67.5 cm³/mol. The molecule has 1 aliphatic heterocycles. The molecule has 0 radical (unpaired) electrons. The normalized spacial score (nSPS) is 19.3. The van der Waals surface area contributed by atoms with Gasteiger partial charge in [-0.1, -0.05) is 0 Å². The van der Waals surface area contributed by atoms with Crippen LogP contribution in [-0.2, 0) is 4.74 Å². The second-order valence-electron chi connectivity index (χ2n) is 4.50. The van der Waals surface area contributed by atoms with Crippen molar-refractivity contribution in [3.63, 3.8) is 0 Å². The molecule has 1 unspecified atom stereocenters. The van der Waals surface area contributed by atoms with Crippen molar-refractivity contribution in [2.24, 2.45) is 5.92 Å². The van der Waals surface area contributed by atoms with E-state index in [1.54, 1.807) is 0 Å². The topological polar surface area (TPSA) is 47.3 Å². The first kappa shape index (κ1) is 11.3. The van der Waals surface area contributed by atoms with Crippen LogP contribution in [-0.4, -0.2) is 19.3 Å². The van der Waals surface area contributed by atoms with Gasteiger partial charge in [0.2, 0.25) is 0 Å². The summed E-state index contributed by atoms with van der Waals surface area (Å²) >= 11 is 0. The fourth-order valence-electron chi connectivity index (χ4n) is 2.18. The Labute approximate surface area is 97.0 Å². The summed E-state index contributed by atoms with van der Waals surface area (Å²) in [6.07, 6.45) is 2.31. The fraction of sp³-hybridized carbons (Fsp3) is 0.538. The molecule has 3 nitrogen and oxygen atoms in total. The fourth-order valence-corrected chi connectivity index (χ4v) is 2.18. The molecule has 1 heterocycles. The molecule has 3 heteroatoms. The van der Waals surface area contributed by atoms with Crippen LogP contribution in [0.2, 0.25) is 0 Å². The molecule has 0 spiro atoms. The van der Waals surface area contributed by atoms with Crippen molar-refractivity contribution >= 4 is 11.4 Å². The van der Waals surface area contributed by atoms with Gasteiger partial charge in [0, 0.05) is 30.6 Å². The Hall–Kier alpha value is -1.22. The molecule has 1 aliphatic rings. The lowest BCUT2D eigenvalue weighted by Gasteiger charge is -2.29. The Bertz CT molecular complexity index is 317. The second-order valence-corrected chi connectivity index (χ2v) is 4.50. The molecule has 1 aromatic rings. The van der Waals surface area contributed by atoms with Crippen molar-refractivity contribution in [2.75, 3.05) is 24.3 Å².